The van der Waals surface area contributed by atoms with Crippen LogP contribution in [0.2, 0.25) is 0 Å². The summed E-state index contributed by atoms with van der Waals surface area (Å²) in [5, 5.41) is 0. The van der Waals surface area contributed by atoms with Crippen molar-refractivity contribution in [3.63, 3.8) is 0 Å². The summed E-state index contributed by atoms with van der Waals surface area (Å²) in [7, 11) is 0. The quantitative estimate of drug-likeness (QED) is 0.669. The minimum Gasteiger partial charge on any atom is -0.201 e. The molecule has 0 heterocycles. The van der Waals surface area contributed by atoms with E-state index >= 15 is 0 Å². The van der Waals surface area contributed by atoms with Gasteiger partial charge in [0.2, 0.25) is 0 Å². The minimum absolute atomic E-state index is 0.00945. The molecule has 0 bridgehead atoms. The molecule has 0 radical (unpaired) electrons. The van der Waals surface area contributed by atoms with Crippen molar-refractivity contribution in [1.82, 2.24) is 0 Å². The molecule has 0 saturated heterocycles. The second kappa shape index (κ2) is 3.86. The second-order valence-corrected chi connectivity index (χ2v) is 3.67. The minimum atomic E-state index is -2.69. The molecule has 0 amide bonds. The van der Waals surface area contributed by atoms with Gasteiger partial charge >= 0.3 is 0 Å². The molecule has 0 aliphatic rings. The van der Waals surface area contributed by atoms with E-state index in [4.69, 9.17) is 0 Å². The Balaban J connectivity index is 2.81. The third kappa shape index (κ3) is 2.79. The molecule has 1 aromatic carbocycles. The Morgan fingerprint density at radius 3 is 2.15 bits per heavy atom. The summed E-state index contributed by atoms with van der Waals surface area (Å²) in [6, 6.07) is 7.98. The van der Waals surface area contributed by atoms with Crippen molar-refractivity contribution >= 4 is 0 Å². The lowest BCUT2D eigenvalue weighted by atomic mass is 9.99. The van der Waals surface area contributed by atoms with Crippen LogP contribution in [0.25, 0.3) is 0 Å². The Morgan fingerprint density at radius 1 is 1.15 bits per heavy atom. The van der Waals surface area contributed by atoms with E-state index in [9.17, 15) is 8.78 Å². The zero-order valence-electron chi connectivity index (χ0n) is 7.93. The van der Waals surface area contributed by atoms with Gasteiger partial charge in [-0.1, -0.05) is 44.2 Å². The van der Waals surface area contributed by atoms with Gasteiger partial charge in [-0.2, -0.15) is 0 Å². The normalized spacial score (nSPS) is 12.1. The molecule has 0 aliphatic carbocycles. The molecule has 2 heteroatoms. The summed E-state index contributed by atoms with van der Waals surface area (Å²) in [6.07, 6.45) is -0.0863. The van der Waals surface area contributed by atoms with Crippen LogP contribution in [0.1, 0.15) is 25.8 Å². The van der Waals surface area contributed by atoms with E-state index in [0.717, 1.165) is 0 Å². The zero-order valence-corrected chi connectivity index (χ0v) is 7.93. The number of hydrogen-bond donors (Lipinski definition) is 0. The Kier molecular flexibility index (Phi) is 3.02. The lowest BCUT2D eigenvalue weighted by Gasteiger charge is -2.18. The monoisotopic (exact) mass is 184 g/mol. The van der Waals surface area contributed by atoms with E-state index in [-0.39, 0.29) is 17.9 Å². The second-order valence-electron chi connectivity index (χ2n) is 3.67. The molecular formula is C11H14F2. The van der Waals surface area contributed by atoms with Crippen molar-refractivity contribution in [3.8, 4) is 0 Å². The van der Waals surface area contributed by atoms with Crippen LogP contribution in [0.3, 0.4) is 0 Å². The molecule has 0 fully saturated rings. The zero-order chi connectivity index (χ0) is 9.90. The lowest BCUT2D eigenvalue weighted by molar-refractivity contribution is -0.0249. The van der Waals surface area contributed by atoms with Gasteiger partial charge < -0.3 is 0 Å². The summed E-state index contributed by atoms with van der Waals surface area (Å²) in [5.41, 5.74) is 0.115. The highest BCUT2D eigenvalue weighted by Crippen LogP contribution is 2.34. The van der Waals surface area contributed by atoms with Gasteiger partial charge in [-0.05, 0) is 5.92 Å². The third-order valence-electron chi connectivity index (χ3n) is 1.86. The first-order chi connectivity index (χ1) is 6.02. The van der Waals surface area contributed by atoms with Gasteiger partial charge in [0.1, 0.15) is 0 Å². The average molecular weight is 184 g/mol. The molecule has 0 atom stereocenters. The molecule has 0 unspecified atom stereocenters. The van der Waals surface area contributed by atoms with Crippen LogP contribution in [0, 0.1) is 5.92 Å². The predicted octanol–water partition coefficient (Wildman–Crippen LogP) is 3.82. The van der Waals surface area contributed by atoms with Crippen LogP contribution in [0.15, 0.2) is 30.3 Å². The van der Waals surface area contributed by atoms with Crippen LogP contribution >= 0.6 is 0 Å². The molecule has 0 aromatic heterocycles. The largest absolute Gasteiger partial charge is 0.273 e. The molecule has 0 nitrogen and oxygen atoms in total. The third-order valence-corrected chi connectivity index (χ3v) is 1.86. The van der Waals surface area contributed by atoms with Crippen LogP contribution in [0.5, 0.6) is 0 Å². The van der Waals surface area contributed by atoms with Crippen molar-refractivity contribution < 1.29 is 8.78 Å². The maximum Gasteiger partial charge on any atom is 0.273 e. The maximum absolute atomic E-state index is 13.4. The van der Waals surface area contributed by atoms with Crippen molar-refractivity contribution in [3.05, 3.63) is 35.9 Å². The summed E-state index contributed by atoms with van der Waals surface area (Å²) >= 11 is 0. The molecule has 0 N–H and O–H groups in total. The summed E-state index contributed by atoms with van der Waals surface area (Å²) in [5.74, 6) is -2.68. The van der Waals surface area contributed by atoms with Gasteiger partial charge in [-0.25, -0.2) is 8.78 Å². The number of benzene rings is 1. The first kappa shape index (κ1) is 10.2. The van der Waals surface area contributed by atoms with Gasteiger partial charge in [-0.15, -0.1) is 0 Å². The highest BCUT2D eigenvalue weighted by atomic mass is 19.3. The molecule has 1 rings (SSSR count). The van der Waals surface area contributed by atoms with E-state index in [2.05, 4.69) is 0 Å². The SMILES string of the molecule is CC(C)CC(F)(F)c1ccccc1. The average Bonchev–Trinajstić information content (AvgIpc) is 2.04. The Morgan fingerprint density at radius 2 is 1.69 bits per heavy atom. The standard InChI is InChI=1S/C11H14F2/c1-9(2)8-11(12,13)10-6-4-3-5-7-10/h3-7,9H,8H2,1-2H3. The van der Waals surface area contributed by atoms with E-state index in [1.165, 1.54) is 12.1 Å². The highest BCUT2D eigenvalue weighted by molar-refractivity contribution is 5.19. The Labute approximate surface area is 77.6 Å². The number of alkyl halides is 2. The highest BCUT2D eigenvalue weighted by Gasteiger charge is 2.31. The van der Waals surface area contributed by atoms with Crippen molar-refractivity contribution in [2.75, 3.05) is 0 Å². The maximum atomic E-state index is 13.4. The fourth-order valence-corrected chi connectivity index (χ4v) is 1.31. The van der Waals surface area contributed by atoms with Crippen LogP contribution in [-0.2, 0) is 5.92 Å². The molecule has 0 aliphatic heterocycles. The lowest BCUT2D eigenvalue weighted by Crippen LogP contribution is -2.15. The molecule has 1 aromatic rings. The van der Waals surface area contributed by atoms with Crippen molar-refractivity contribution in [1.29, 1.82) is 0 Å². The van der Waals surface area contributed by atoms with Crippen LogP contribution in [0.4, 0.5) is 8.78 Å². The van der Waals surface area contributed by atoms with Crippen molar-refractivity contribution in [2.45, 2.75) is 26.2 Å². The molecule has 72 valence electrons. The van der Waals surface area contributed by atoms with E-state index in [0.29, 0.717) is 0 Å². The first-order valence-corrected chi connectivity index (χ1v) is 4.46. The van der Waals surface area contributed by atoms with E-state index in [1.54, 1.807) is 32.0 Å². The van der Waals surface area contributed by atoms with Gasteiger partial charge in [0.05, 0.1) is 0 Å². The predicted molar refractivity (Wildman–Crippen MR) is 49.8 cm³/mol. The summed E-state index contributed by atoms with van der Waals surface area (Å²) in [6.45, 7) is 3.60. The van der Waals surface area contributed by atoms with Gasteiger partial charge in [-0.3, -0.25) is 0 Å². The van der Waals surface area contributed by atoms with Gasteiger partial charge in [0.25, 0.3) is 5.92 Å². The number of hydrogen-bond acceptors (Lipinski definition) is 0. The molecule has 0 spiro atoms. The number of halogens is 2. The Bertz CT molecular complexity index is 252. The Hall–Kier alpha value is -0.920. The van der Waals surface area contributed by atoms with Gasteiger partial charge in [0.15, 0.2) is 0 Å². The molecule has 13 heavy (non-hydrogen) atoms. The van der Waals surface area contributed by atoms with Crippen LogP contribution in [-0.4, -0.2) is 0 Å². The fourth-order valence-electron chi connectivity index (χ4n) is 1.31. The van der Waals surface area contributed by atoms with E-state index < -0.39 is 5.92 Å². The van der Waals surface area contributed by atoms with Gasteiger partial charge in [0, 0.05) is 12.0 Å². The summed E-state index contributed by atoms with van der Waals surface area (Å²) < 4.78 is 26.8. The number of rotatable bonds is 3. The summed E-state index contributed by atoms with van der Waals surface area (Å²) in [4.78, 5) is 0. The first-order valence-electron chi connectivity index (χ1n) is 4.46. The topological polar surface area (TPSA) is 0 Å². The molecular weight excluding hydrogens is 170 g/mol. The molecule has 0 saturated carbocycles. The van der Waals surface area contributed by atoms with E-state index in [1.807, 2.05) is 0 Å². The van der Waals surface area contributed by atoms with Crippen LogP contribution < -0.4 is 0 Å². The van der Waals surface area contributed by atoms with Crippen molar-refractivity contribution in [2.24, 2.45) is 5.92 Å². The smallest absolute Gasteiger partial charge is 0.201 e. The fraction of sp³-hybridized carbons (Fsp3) is 0.455.